The van der Waals surface area contributed by atoms with Crippen LogP contribution in [0.3, 0.4) is 0 Å². The molecule has 0 fully saturated rings. The molecule has 1 aromatic heterocycles. The molecule has 0 aliphatic rings. The van der Waals surface area contributed by atoms with Gasteiger partial charge in [-0.25, -0.2) is 9.67 Å². The van der Waals surface area contributed by atoms with E-state index in [1.807, 2.05) is 4.68 Å². The summed E-state index contributed by atoms with van der Waals surface area (Å²) in [4.78, 5) is 6.40. The molecule has 5 heteroatoms. The third-order valence-corrected chi connectivity index (χ3v) is 2.60. The lowest BCUT2D eigenvalue weighted by Gasteiger charge is -2.19. The summed E-state index contributed by atoms with van der Waals surface area (Å²) in [5.41, 5.74) is 0. The molecule has 1 N–H and O–H groups in total. The van der Waals surface area contributed by atoms with E-state index in [0.717, 1.165) is 25.5 Å². The zero-order chi connectivity index (χ0) is 11.3. The van der Waals surface area contributed by atoms with E-state index in [1.165, 1.54) is 0 Å². The van der Waals surface area contributed by atoms with Gasteiger partial charge in [0, 0.05) is 19.1 Å². The summed E-state index contributed by atoms with van der Waals surface area (Å²) in [7, 11) is 4.17. The molecule has 0 radical (unpaired) electrons. The first-order valence-electron chi connectivity index (χ1n) is 5.39. The number of nitrogens with one attached hydrogen (secondary N) is 1. The van der Waals surface area contributed by atoms with E-state index in [9.17, 15) is 0 Å². The Morgan fingerprint density at radius 3 is 2.87 bits per heavy atom. The van der Waals surface area contributed by atoms with Crippen molar-refractivity contribution in [1.29, 1.82) is 0 Å². The van der Waals surface area contributed by atoms with E-state index < -0.39 is 0 Å². The van der Waals surface area contributed by atoms with Gasteiger partial charge in [0.1, 0.15) is 12.2 Å². The van der Waals surface area contributed by atoms with Crippen LogP contribution in [0.5, 0.6) is 0 Å². The van der Waals surface area contributed by atoms with E-state index in [4.69, 9.17) is 0 Å². The third-order valence-electron chi connectivity index (χ3n) is 2.60. The maximum atomic E-state index is 4.20. The smallest absolute Gasteiger partial charge is 0.140 e. The monoisotopic (exact) mass is 211 g/mol. The molecule has 0 amide bonds. The third kappa shape index (κ3) is 3.60. The zero-order valence-corrected chi connectivity index (χ0v) is 10.1. The minimum atomic E-state index is 0.531. The number of hydrogen-bond acceptors (Lipinski definition) is 4. The van der Waals surface area contributed by atoms with Gasteiger partial charge < -0.3 is 10.2 Å². The van der Waals surface area contributed by atoms with E-state index in [0.29, 0.717) is 6.04 Å². The van der Waals surface area contributed by atoms with E-state index >= 15 is 0 Å². The molecule has 86 valence electrons. The van der Waals surface area contributed by atoms with Crippen LogP contribution in [-0.4, -0.2) is 46.3 Å². The predicted molar refractivity (Wildman–Crippen MR) is 60.6 cm³/mol. The minimum absolute atomic E-state index is 0.531. The second kappa shape index (κ2) is 5.82. The Bertz CT molecular complexity index is 281. The lowest BCUT2D eigenvalue weighted by molar-refractivity contribution is 0.301. The molecule has 0 bridgehead atoms. The van der Waals surface area contributed by atoms with E-state index in [2.05, 4.69) is 48.2 Å². The van der Waals surface area contributed by atoms with Crippen LogP contribution in [0.1, 0.15) is 19.7 Å². The Balaban J connectivity index is 2.31. The van der Waals surface area contributed by atoms with Crippen LogP contribution in [0, 0.1) is 0 Å². The molecule has 1 unspecified atom stereocenters. The van der Waals surface area contributed by atoms with Crippen molar-refractivity contribution < 1.29 is 0 Å². The highest BCUT2D eigenvalue weighted by Crippen LogP contribution is 1.94. The lowest BCUT2D eigenvalue weighted by Crippen LogP contribution is -2.35. The van der Waals surface area contributed by atoms with Crippen molar-refractivity contribution in [3.63, 3.8) is 0 Å². The van der Waals surface area contributed by atoms with Gasteiger partial charge in [0.05, 0.1) is 6.54 Å². The average molecular weight is 211 g/mol. The Labute approximate surface area is 91.5 Å². The molecule has 0 spiro atoms. The molecule has 5 nitrogen and oxygen atoms in total. The molecule has 0 aromatic carbocycles. The van der Waals surface area contributed by atoms with Gasteiger partial charge in [-0.2, -0.15) is 5.10 Å². The molecule has 0 saturated heterocycles. The zero-order valence-electron chi connectivity index (χ0n) is 10.1. The fraction of sp³-hybridized carbons (Fsp3) is 0.800. The Morgan fingerprint density at radius 2 is 2.27 bits per heavy atom. The first-order chi connectivity index (χ1) is 7.15. The number of hydrogen-bond donors (Lipinski definition) is 1. The van der Waals surface area contributed by atoms with Crippen LogP contribution >= 0.6 is 0 Å². The molecule has 1 aromatic rings. The second-order valence-electron chi connectivity index (χ2n) is 3.94. The normalized spacial score (nSPS) is 13.4. The SMILES string of the molecule is CCn1ncnc1CNCC(C)N(C)C. The Hall–Kier alpha value is -0.940. The highest BCUT2D eigenvalue weighted by atomic mass is 15.3. The first kappa shape index (κ1) is 12.1. The van der Waals surface area contributed by atoms with Crippen LogP contribution in [-0.2, 0) is 13.1 Å². The van der Waals surface area contributed by atoms with Gasteiger partial charge in [-0.3, -0.25) is 0 Å². The standard InChI is InChI=1S/C10H21N5/c1-5-15-10(12-8-13-15)7-11-6-9(2)14(3)4/h8-9,11H,5-7H2,1-4H3. The number of rotatable bonds is 6. The van der Waals surface area contributed by atoms with Gasteiger partial charge in [0.15, 0.2) is 0 Å². The summed E-state index contributed by atoms with van der Waals surface area (Å²) in [6.07, 6.45) is 1.61. The fourth-order valence-electron chi connectivity index (χ4n) is 1.26. The number of aromatic nitrogens is 3. The number of aryl methyl sites for hydroxylation is 1. The van der Waals surface area contributed by atoms with Crippen molar-refractivity contribution in [3.05, 3.63) is 12.2 Å². The predicted octanol–water partition coefficient (Wildman–Crippen LogP) is 0.338. The summed E-state index contributed by atoms with van der Waals surface area (Å²) in [5.74, 6) is 1.00. The van der Waals surface area contributed by atoms with E-state index in [-0.39, 0.29) is 0 Å². The van der Waals surface area contributed by atoms with Gasteiger partial charge in [-0.1, -0.05) is 0 Å². The van der Waals surface area contributed by atoms with Gasteiger partial charge in [0.2, 0.25) is 0 Å². The molecule has 1 heterocycles. The van der Waals surface area contributed by atoms with Gasteiger partial charge in [-0.05, 0) is 27.9 Å². The maximum absolute atomic E-state index is 4.20. The molecule has 1 atom stereocenters. The quantitative estimate of drug-likeness (QED) is 0.737. The van der Waals surface area contributed by atoms with Gasteiger partial charge >= 0.3 is 0 Å². The van der Waals surface area contributed by atoms with Crippen LogP contribution in [0.25, 0.3) is 0 Å². The van der Waals surface area contributed by atoms with Crippen molar-refractivity contribution in [1.82, 2.24) is 25.0 Å². The van der Waals surface area contributed by atoms with Crippen molar-refractivity contribution in [2.45, 2.75) is 33.0 Å². The summed E-state index contributed by atoms with van der Waals surface area (Å²) >= 11 is 0. The van der Waals surface area contributed by atoms with Gasteiger partial charge in [0.25, 0.3) is 0 Å². The van der Waals surface area contributed by atoms with Crippen molar-refractivity contribution in [3.8, 4) is 0 Å². The Morgan fingerprint density at radius 1 is 1.53 bits per heavy atom. The average Bonchev–Trinajstić information content (AvgIpc) is 2.65. The highest BCUT2D eigenvalue weighted by molar-refractivity contribution is 4.83. The molecule has 0 aliphatic heterocycles. The van der Waals surface area contributed by atoms with Crippen LogP contribution in [0.2, 0.25) is 0 Å². The van der Waals surface area contributed by atoms with Gasteiger partial charge in [-0.15, -0.1) is 0 Å². The molecule has 1 rings (SSSR count). The summed E-state index contributed by atoms with van der Waals surface area (Å²) in [6, 6.07) is 0.531. The molecular formula is C10H21N5. The Kier molecular flexibility index (Phi) is 4.71. The summed E-state index contributed by atoms with van der Waals surface area (Å²) in [5, 5.41) is 7.50. The molecule has 0 saturated carbocycles. The first-order valence-corrected chi connectivity index (χ1v) is 5.39. The number of nitrogens with zero attached hydrogens (tertiary/aromatic N) is 4. The minimum Gasteiger partial charge on any atom is -0.308 e. The summed E-state index contributed by atoms with van der Waals surface area (Å²) in [6.45, 7) is 6.88. The van der Waals surface area contributed by atoms with Crippen LogP contribution in [0.4, 0.5) is 0 Å². The fourth-order valence-corrected chi connectivity index (χ4v) is 1.26. The molecule has 15 heavy (non-hydrogen) atoms. The summed E-state index contributed by atoms with van der Waals surface area (Å²) < 4.78 is 1.91. The lowest BCUT2D eigenvalue weighted by atomic mass is 10.3. The molecular weight excluding hydrogens is 190 g/mol. The van der Waals surface area contributed by atoms with Crippen molar-refractivity contribution in [2.24, 2.45) is 0 Å². The van der Waals surface area contributed by atoms with E-state index in [1.54, 1.807) is 6.33 Å². The maximum Gasteiger partial charge on any atom is 0.140 e. The number of likely N-dealkylation sites (N-methyl/N-ethyl adjacent to an activating group) is 1. The van der Waals surface area contributed by atoms with Crippen LogP contribution < -0.4 is 5.32 Å². The largest absolute Gasteiger partial charge is 0.308 e. The highest BCUT2D eigenvalue weighted by Gasteiger charge is 2.05. The van der Waals surface area contributed by atoms with Crippen LogP contribution in [0.15, 0.2) is 6.33 Å². The topological polar surface area (TPSA) is 46.0 Å². The van der Waals surface area contributed by atoms with Crippen molar-refractivity contribution in [2.75, 3.05) is 20.6 Å². The second-order valence-corrected chi connectivity index (χ2v) is 3.94. The molecule has 0 aliphatic carbocycles. The van der Waals surface area contributed by atoms with Crippen molar-refractivity contribution >= 4 is 0 Å².